The zero-order valence-electron chi connectivity index (χ0n) is 7.54. The highest BCUT2D eigenvalue weighted by atomic mass is 79.9. The summed E-state index contributed by atoms with van der Waals surface area (Å²) in [7, 11) is 0. The summed E-state index contributed by atoms with van der Waals surface area (Å²) in [4.78, 5) is 25.1. The molecule has 0 saturated heterocycles. The zero-order chi connectivity index (χ0) is 11.4. The van der Waals surface area contributed by atoms with Crippen molar-refractivity contribution in [3.8, 4) is 10.4 Å². The van der Waals surface area contributed by atoms with E-state index in [1.54, 1.807) is 6.07 Å². The molecule has 0 bridgehead atoms. The lowest BCUT2D eigenvalue weighted by atomic mass is 9.96. The van der Waals surface area contributed by atoms with Crippen LogP contribution in [0.25, 0.3) is 10.4 Å². The summed E-state index contributed by atoms with van der Waals surface area (Å²) in [5.74, 6) is -0.803. The van der Waals surface area contributed by atoms with Crippen LogP contribution in [0.4, 0.5) is 0 Å². The summed E-state index contributed by atoms with van der Waals surface area (Å²) >= 11 is 9.49. The van der Waals surface area contributed by atoms with Crippen LogP contribution in [-0.2, 0) is 0 Å². The van der Waals surface area contributed by atoms with Crippen molar-refractivity contribution in [2.45, 2.75) is 0 Å². The molecule has 2 aromatic rings. The van der Waals surface area contributed by atoms with Crippen molar-refractivity contribution < 1.29 is 9.59 Å². The second-order valence-electron chi connectivity index (χ2n) is 3.24. The predicted octanol–water partition coefficient (Wildman–Crippen LogP) is 4.38. The molecule has 0 radical (unpaired) electrons. The Bertz CT molecular complexity index is 583. The zero-order valence-corrected chi connectivity index (χ0v) is 12.3. The van der Waals surface area contributed by atoms with Gasteiger partial charge in [-0.1, -0.05) is 0 Å². The average Bonchev–Trinajstić information content (AvgIpc) is 2.78. The lowest BCUT2D eigenvalue weighted by molar-refractivity contribution is 0.0818. The van der Waals surface area contributed by atoms with E-state index in [1.165, 1.54) is 22.7 Å². The third kappa shape index (κ3) is 1.40. The van der Waals surface area contributed by atoms with Gasteiger partial charge < -0.3 is 0 Å². The van der Waals surface area contributed by atoms with Crippen LogP contribution in [0.15, 0.2) is 19.7 Å². The highest BCUT2D eigenvalue weighted by Crippen LogP contribution is 2.45. The smallest absolute Gasteiger partial charge is 0.244 e. The van der Waals surface area contributed by atoms with E-state index in [0.29, 0.717) is 10.4 Å². The SMILES string of the molecule is O=C1C(=O)c2sc(Br)cc2-c2sc(Br)cc21. The Labute approximate surface area is 116 Å². The largest absolute Gasteiger partial charge is 0.285 e. The maximum atomic E-state index is 11.8. The number of hydrogen-bond donors (Lipinski definition) is 0. The molecule has 0 atom stereocenters. The fourth-order valence-electron chi connectivity index (χ4n) is 1.65. The van der Waals surface area contributed by atoms with Crippen LogP contribution in [0, 0.1) is 0 Å². The first-order valence-corrected chi connectivity index (χ1v) is 7.48. The van der Waals surface area contributed by atoms with Crippen LogP contribution in [0.1, 0.15) is 20.0 Å². The molecule has 0 fully saturated rings. The maximum Gasteiger partial charge on any atom is 0.244 e. The molecule has 80 valence electrons. The van der Waals surface area contributed by atoms with Gasteiger partial charge in [0, 0.05) is 16.0 Å². The van der Waals surface area contributed by atoms with Crippen LogP contribution in [0.5, 0.6) is 0 Å². The maximum absolute atomic E-state index is 11.8. The van der Waals surface area contributed by atoms with Gasteiger partial charge in [-0.05, 0) is 44.0 Å². The molecular weight excluding hydrogens is 376 g/mol. The average molecular weight is 378 g/mol. The Morgan fingerprint density at radius 3 is 2.06 bits per heavy atom. The molecule has 0 unspecified atom stereocenters. The van der Waals surface area contributed by atoms with Crippen LogP contribution < -0.4 is 0 Å². The van der Waals surface area contributed by atoms with E-state index in [9.17, 15) is 9.59 Å². The van der Waals surface area contributed by atoms with Crippen molar-refractivity contribution in [2.75, 3.05) is 0 Å². The summed E-state index contributed by atoms with van der Waals surface area (Å²) in [6.07, 6.45) is 0. The summed E-state index contributed by atoms with van der Waals surface area (Å²) in [6.45, 7) is 0. The summed E-state index contributed by atoms with van der Waals surface area (Å²) in [6, 6.07) is 3.61. The molecule has 0 N–H and O–H groups in total. The fourth-order valence-corrected chi connectivity index (χ4v) is 4.88. The second kappa shape index (κ2) is 3.60. The van der Waals surface area contributed by atoms with Crippen molar-refractivity contribution in [2.24, 2.45) is 0 Å². The van der Waals surface area contributed by atoms with Crippen LogP contribution in [0.3, 0.4) is 0 Å². The van der Waals surface area contributed by atoms with Gasteiger partial charge in [0.2, 0.25) is 11.6 Å². The summed E-state index contributed by atoms with van der Waals surface area (Å²) < 4.78 is 1.74. The van der Waals surface area contributed by atoms with Gasteiger partial charge in [0.05, 0.1) is 12.4 Å². The topological polar surface area (TPSA) is 34.1 Å². The normalized spacial score (nSPS) is 13.9. The van der Waals surface area contributed by atoms with E-state index < -0.39 is 11.6 Å². The Morgan fingerprint density at radius 1 is 0.812 bits per heavy atom. The molecule has 3 rings (SSSR count). The molecular formula is C10H2Br2O2S2. The molecule has 0 saturated carbocycles. The van der Waals surface area contributed by atoms with Gasteiger partial charge in [0.1, 0.15) is 0 Å². The number of hydrogen-bond acceptors (Lipinski definition) is 4. The van der Waals surface area contributed by atoms with Gasteiger partial charge in [0.25, 0.3) is 0 Å². The van der Waals surface area contributed by atoms with Crippen LogP contribution in [-0.4, -0.2) is 11.6 Å². The minimum Gasteiger partial charge on any atom is -0.285 e. The van der Waals surface area contributed by atoms with E-state index in [2.05, 4.69) is 31.9 Å². The van der Waals surface area contributed by atoms with Crippen LogP contribution >= 0.6 is 54.5 Å². The van der Waals surface area contributed by atoms with Crippen LogP contribution in [0.2, 0.25) is 0 Å². The summed E-state index contributed by atoms with van der Waals surface area (Å²) in [5.41, 5.74) is 1.38. The number of fused-ring (bicyclic) bond motifs is 3. The quantitative estimate of drug-likeness (QED) is 0.638. The third-order valence-electron chi connectivity index (χ3n) is 2.31. The first kappa shape index (κ1) is 10.8. The fraction of sp³-hybridized carbons (Fsp3) is 0. The number of rotatable bonds is 0. The summed E-state index contributed by atoms with van der Waals surface area (Å²) in [5, 5.41) is 0. The van der Waals surface area contributed by atoms with E-state index in [1.807, 2.05) is 6.07 Å². The first-order chi connectivity index (χ1) is 7.58. The first-order valence-electron chi connectivity index (χ1n) is 4.26. The standard InChI is InChI=1S/C10H2Br2O2S2/c11-5-1-3-7(13)8(14)10-4(9(3)15-5)2-6(12)16-10/h1-2H. The molecule has 0 spiro atoms. The van der Waals surface area contributed by atoms with Crippen molar-refractivity contribution in [1.82, 2.24) is 0 Å². The molecule has 0 aromatic carbocycles. The minimum atomic E-state index is -0.404. The highest BCUT2D eigenvalue weighted by molar-refractivity contribution is 9.11. The molecule has 1 aliphatic rings. The lowest BCUT2D eigenvalue weighted by Gasteiger charge is -2.08. The number of thiophene rings is 2. The van der Waals surface area contributed by atoms with Gasteiger partial charge in [-0.3, -0.25) is 9.59 Å². The predicted molar refractivity (Wildman–Crippen MR) is 71.7 cm³/mol. The van der Waals surface area contributed by atoms with Gasteiger partial charge in [-0.25, -0.2) is 0 Å². The van der Waals surface area contributed by atoms with E-state index in [4.69, 9.17) is 0 Å². The molecule has 2 nitrogen and oxygen atoms in total. The third-order valence-corrected chi connectivity index (χ3v) is 5.61. The minimum absolute atomic E-state index is 0.400. The Hall–Kier alpha value is -0.300. The van der Waals surface area contributed by atoms with Gasteiger partial charge >= 0.3 is 0 Å². The molecule has 2 heterocycles. The highest BCUT2D eigenvalue weighted by Gasteiger charge is 2.34. The van der Waals surface area contributed by atoms with E-state index in [0.717, 1.165) is 18.0 Å². The van der Waals surface area contributed by atoms with E-state index in [-0.39, 0.29) is 0 Å². The van der Waals surface area contributed by atoms with Gasteiger partial charge in [-0.15, -0.1) is 22.7 Å². The van der Waals surface area contributed by atoms with Crippen molar-refractivity contribution >= 4 is 66.1 Å². The van der Waals surface area contributed by atoms with Crippen molar-refractivity contribution in [1.29, 1.82) is 0 Å². The van der Waals surface area contributed by atoms with Gasteiger partial charge in [0.15, 0.2) is 0 Å². The Morgan fingerprint density at radius 2 is 1.38 bits per heavy atom. The lowest BCUT2D eigenvalue weighted by Crippen LogP contribution is -2.17. The molecule has 0 aliphatic heterocycles. The Kier molecular flexibility index (Phi) is 2.43. The molecule has 0 amide bonds. The van der Waals surface area contributed by atoms with Crippen molar-refractivity contribution in [3.05, 3.63) is 30.1 Å². The monoisotopic (exact) mass is 376 g/mol. The van der Waals surface area contributed by atoms with Crippen molar-refractivity contribution in [3.63, 3.8) is 0 Å². The second-order valence-corrected chi connectivity index (χ2v) is 8.11. The number of Topliss-reactive ketones (excluding diaryl/α,β-unsaturated/α-hetero) is 2. The molecule has 1 aliphatic carbocycles. The molecule has 2 aromatic heterocycles. The number of ketones is 2. The molecule has 6 heteroatoms. The number of carbonyl (C=O) groups is 2. The van der Waals surface area contributed by atoms with E-state index >= 15 is 0 Å². The Balaban J connectivity index is 2.40. The number of halogens is 2. The van der Waals surface area contributed by atoms with Gasteiger partial charge in [-0.2, -0.15) is 0 Å². The number of carbonyl (C=O) groups excluding carboxylic acids is 2. The molecule has 16 heavy (non-hydrogen) atoms.